The Labute approximate surface area is 173 Å². The predicted molar refractivity (Wildman–Crippen MR) is 111 cm³/mol. The van der Waals surface area contributed by atoms with Crippen LogP contribution in [0.5, 0.6) is 17.4 Å². The average molecular weight is 401 g/mol. The lowest BCUT2D eigenvalue weighted by Gasteiger charge is -2.10. The highest BCUT2D eigenvalue weighted by Crippen LogP contribution is 2.23. The van der Waals surface area contributed by atoms with E-state index < -0.39 is 0 Å². The lowest BCUT2D eigenvalue weighted by Crippen LogP contribution is -2.20. The van der Waals surface area contributed by atoms with Crippen molar-refractivity contribution >= 4 is 11.6 Å². The minimum Gasteiger partial charge on any atom is -0.484 e. The molecule has 0 saturated heterocycles. The molecule has 1 N–H and O–H groups in total. The molecule has 4 rings (SSSR count). The number of aromatic nitrogens is 4. The van der Waals surface area contributed by atoms with E-state index >= 15 is 0 Å². The van der Waals surface area contributed by atoms with E-state index in [1.54, 1.807) is 72.7 Å². The maximum atomic E-state index is 12.1. The number of nitrogens with zero attached hydrogens (tertiary/aromatic N) is 4. The first-order chi connectivity index (χ1) is 14.7. The molecular formula is C22H19N5O3. The van der Waals surface area contributed by atoms with E-state index in [4.69, 9.17) is 9.47 Å². The zero-order chi connectivity index (χ0) is 20.8. The van der Waals surface area contributed by atoms with Gasteiger partial charge < -0.3 is 14.8 Å². The van der Waals surface area contributed by atoms with Crippen LogP contribution >= 0.6 is 0 Å². The normalized spacial score (nSPS) is 10.4. The zero-order valence-corrected chi connectivity index (χ0v) is 16.2. The number of carbonyl (C=O) groups excluding carboxylic acids is 1. The number of rotatable bonds is 7. The molecule has 2 aromatic carbocycles. The van der Waals surface area contributed by atoms with Gasteiger partial charge in [0, 0.05) is 24.1 Å². The van der Waals surface area contributed by atoms with Crippen molar-refractivity contribution in [2.75, 3.05) is 11.9 Å². The van der Waals surface area contributed by atoms with E-state index in [9.17, 15) is 4.79 Å². The number of imidazole rings is 1. The number of ether oxygens (including phenoxy) is 2. The maximum Gasteiger partial charge on any atom is 0.262 e. The maximum absolute atomic E-state index is 12.1. The van der Waals surface area contributed by atoms with Crippen molar-refractivity contribution in [2.24, 2.45) is 0 Å². The topological polar surface area (TPSA) is 91.2 Å². The van der Waals surface area contributed by atoms with Crippen LogP contribution in [-0.4, -0.2) is 32.0 Å². The van der Waals surface area contributed by atoms with Gasteiger partial charge in [-0.1, -0.05) is 18.2 Å². The fraction of sp³-hybridized carbons (Fsp3) is 0.0909. The molecule has 0 saturated carbocycles. The third-order valence-corrected chi connectivity index (χ3v) is 4.04. The van der Waals surface area contributed by atoms with Crippen molar-refractivity contribution in [3.63, 3.8) is 0 Å². The summed E-state index contributed by atoms with van der Waals surface area (Å²) in [6, 6.07) is 17.9. The van der Waals surface area contributed by atoms with Gasteiger partial charge in [0.15, 0.2) is 6.61 Å². The van der Waals surface area contributed by atoms with Crippen LogP contribution in [0, 0.1) is 6.92 Å². The number of carbonyl (C=O) groups is 1. The van der Waals surface area contributed by atoms with Crippen LogP contribution in [-0.2, 0) is 4.79 Å². The molecule has 4 aromatic rings. The van der Waals surface area contributed by atoms with Crippen molar-refractivity contribution in [2.45, 2.75) is 6.92 Å². The zero-order valence-electron chi connectivity index (χ0n) is 16.2. The lowest BCUT2D eigenvalue weighted by molar-refractivity contribution is -0.118. The highest BCUT2D eigenvalue weighted by molar-refractivity contribution is 5.91. The number of benzene rings is 2. The van der Waals surface area contributed by atoms with Gasteiger partial charge in [-0.25, -0.2) is 9.97 Å². The quantitative estimate of drug-likeness (QED) is 0.507. The molecule has 0 aliphatic heterocycles. The molecule has 0 aliphatic carbocycles. The van der Waals surface area contributed by atoms with Crippen LogP contribution in [0.25, 0.3) is 5.82 Å². The van der Waals surface area contributed by atoms with E-state index in [0.29, 0.717) is 34.7 Å². The fourth-order valence-electron chi connectivity index (χ4n) is 2.69. The summed E-state index contributed by atoms with van der Waals surface area (Å²) in [4.78, 5) is 24.8. The average Bonchev–Trinajstić information content (AvgIpc) is 3.29. The number of nitrogens with one attached hydrogen (secondary N) is 1. The number of amides is 1. The van der Waals surface area contributed by atoms with Gasteiger partial charge in [0.25, 0.3) is 5.91 Å². The Morgan fingerprint density at radius 1 is 1.03 bits per heavy atom. The summed E-state index contributed by atoms with van der Waals surface area (Å²) in [5.41, 5.74) is 0.641. The fourth-order valence-corrected chi connectivity index (χ4v) is 2.69. The largest absolute Gasteiger partial charge is 0.484 e. The number of hydrogen-bond acceptors (Lipinski definition) is 6. The molecule has 0 aliphatic rings. The van der Waals surface area contributed by atoms with Gasteiger partial charge in [-0.3, -0.25) is 9.36 Å². The van der Waals surface area contributed by atoms with Gasteiger partial charge in [-0.15, -0.1) is 0 Å². The first-order valence-electron chi connectivity index (χ1n) is 9.25. The van der Waals surface area contributed by atoms with E-state index in [0.717, 1.165) is 0 Å². The molecule has 2 heterocycles. The van der Waals surface area contributed by atoms with Crippen LogP contribution in [0.15, 0.2) is 79.4 Å². The Hall–Kier alpha value is -4.20. The smallest absolute Gasteiger partial charge is 0.262 e. The summed E-state index contributed by atoms with van der Waals surface area (Å²) in [5, 5.41) is 2.78. The molecule has 0 bridgehead atoms. The van der Waals surface area contributed by atoms with Gasteiger partial charge in [-0.2, -0.15) is 4.98 Å². The van der Waals surface area contributed by atoms with Crippen molar-refractivity contribution < 1.29 is 14.3 Å². The molecule has 0 radical (unpaired) electrons. The number of aryl methyl sites for hydroxylation is 1. The predicted octanol–water partition coefficient (Wildman–Crippen LogP) is 3.78. The van der Waals surface area contributed by atoms with Crippen LogP contribution in [0.2, 0.25) is 0 Å². The minimum atomic E-state index is -0.246. The van der Waals surface area contributed by atoms with E-state index in [-0.39, 0.29) is 12.5 Å². The van der Waals surface area contributed by atoms with Gasteiger partial charge in [0.2, 0.25) is 5.88 Å². The third-order valence-electron chi connectivity index (χ3n) is 4.04. The molecule has 8 heteroatoms. The highest BCUT2D eigenvalue weighted by Gasteiger charge is 2.07. The summed E-state index contributed by atoms with van der Waals surface area (Å²) >= 11 is 0. The van der Waals surface area contributed by atoms with Crippen molar-refractivity contribution in [3.8, 4) is 23.2 Å². The monoisotopic (exact) mass is 401 g/mol. The minimum absolute atomic E-state index is 0.0699. The van der Waals surface area contributed by atoms with Crippen molar-refractivity contribution in [1.29, 1.82) is 0 Å². The molecule has 2 aromatic heterocycles. The third kappa shape index (κ3) is 4.99. The Kier molecular flexibility index (Phi) is 5.66. The molecule has 1 amide bonds. The standard InChI is InChI=1S/C22H19N5O3/c1-16-24-20(27-12-11-23-15-27)13-22(25-16)30-19-9-7-17(8-10-19)26-21(28)14-29-18-5-3-2-4-6-18/h2-13,15H,14H2,1H3,(H,26,28). The summed E-state index contributed by atoms with van der Waals surface area (Å²) < 4.78 is 13.1. The molecule has 0 atom stereocenters. The van der Waals surface area contributed by atoms with Gasteiger partial charge in [-0.05, 0) is 43.3 Å². The SMILES string of the molecule is Cc1nc(Oc2ccc(NC(=O)COc3ccccc3)cc2)cc(-n2ccnc2)n1. The van der Waals surface area contributed by atoms with Gasteiger partial charge in [0.05, 0.1) is 0 Å². The molecule has 0 fully saturated rings. The first-order valence-corrected chi connectivity index (χ1v) is 9.25. The van der Waals surface area contributed by atoms with Crippen LogP contribution in [0.3, 0.4) is 0 Å². The van der Waals surface area contributed by atoms with Gasteiger partial charge >= 0.3 is 0 Å². The number of anilines is 1. The Morgan fingerprint density at radius 2 is 1.83 bits per heavy atom. The summed E-state index contributed by atoms with van der Waals surface area (Å²) in [7, 11) is 0. The van der Waals surface area contributed by atoms with Crippen LogP contribution in [0.1, 0.15) is 5.82 Å². The molecule has 0 spiro atoms. The second kappa shape index (κ2) is 8.87. The second-order valence-electron chi connectivity index (χ2n) is 6.36. The summed E-state index contributed by atoms with van der Waals surface area (Å²) in [6.07, 6.45) is 5.13. The van der Waals surface area contributed by atoms with Crippen LogP contribution in [0.4, 0.5) is 5.69 Å². The first kappa shape index (κ1) is 19.1. The summed E-state index contributed by atoms with van der Waals surface area (Å²) in [5.74, 6) is 2.65. The second-order valence-corrected chi connectivity index (χ2v) is 6.36. The lowest BCUT2D eigenvalue weighted by atomic mass is 10.3. The Morgan fingerprint density at radius 3 is 2.57 bits per heavy atom. The van der Waals surface area contributed by atoms with Crippen LogP contribution < -0.4 is 14.8 Å². The van der Waals surface area contributed by atoms with E-state index in [1.165, 1.54) is 0 Å². The highest BCUT2D eigenvalue weighted by atomic mass is 16.5. The molecule has 150 valence electrons. The molecular weight excluding hydrogens is 382 g/mol. The van der Waals surface area contributed by atoms with Crippen molar-refractivity contribution in [1.82, 2.24) is 19.5 Å². The molecule has 8 nitrogen and oxygen atoms in total. The van der Waals surface area contributed by atoms with E-state index in [2.05, 4.69) is 20.3 Å². The Balaban J connectivity index is 1.36. The number of hydrogen-bond donors (Lipinski definition) is 1. The molecule has 0 unspecified atom stereocenters. The summed E-state index contributed by atoms with van der Waals surface area (Å²) in [6.45, 7) is 1.73. The van der Waals surface area contributed by atoms with Crippen molar-refractivity contribution in [3.05, 3.63) is 85.2 Å². The Bertz CT molecular complexity index is 1110. The van der Waals surface area contributed by atoms with E-state index in [1.807, 2.05) is 18.2 Å². The number of para-hydroxylation sites is 1. The van der Waals surface area contributed by atoms with Gasteiger partial charge in [0.1, 0.15) is 29.5 Å². The molecule has 30 heavy (non-hydrogen) atoms.